The number of hydrogen-bond donors (Lipinski definition) is 2. The van der Waals surface area contributed by atoms with Gasteiger partial charge in [0, 0.05) is 12.3 Å². The fourth-order valence-electron chi connectivity index (χ4n) is 2.19. The zero-order valence-corrected chi connectivity index (χ0v) is 9.49. The van der Waals surface area contributed by atoms with Gasteiger partial charge in [0.05, 0.1) is 0 Å². The largest absolute Gasteiger partial charge is 0.316 e. The standard InChI is InChI=1S/C11H23NS/c13-10-9-12-8-4-3-7-11-5-1-2-6-11/h11-13H,1-10H2. The highest BCUT2D eigenvalue weighted by Crippen LogP contribution is 2.28. The Balaban J connectivity index is 1.78. The molecule has 0 aromatic carbocycles. The Hall–Kier alpha value is 0.310. The van der Waals surface area contributed by atoms with Crippen LogP contribution in [0.25, 0.3) is 0 Å². The normalized spacial score (nSPS) is 18.2. The molecule has 78 valence electrons. The van der Waals surface area contributed by atoms with Crippen LogP contribution in [-0.2, 0) is 0 Å². The summed E-state index contributed by atoms with van der Waals surface area (Å²) in [5.41, 5.74) is 0. The molecule has 0 aliphatic heterocycles. The number of rotatable bonds is 7. The molecular formula is C11H23NS. The van der Waals surface area contributed by atoms with Gasteiger partial charge in [0.2, 0.25) is 0 Å². The smallest absolute Gasteiger partial charge is 0.00397 e. The van der Waals surface area contributed by atoms with Gasteiger partial charge in [0.25, 0.3) is 0 Å². The maximum atomic E-state index is 4.15. The van der Waals surface area contributed by atoms with E-state index in [9.17, 15) is 0 Å². The highest BCUT2D eigenvalue weighted by Gasteiger charge is 2.13. The molecule has 13 heavy (non-hydrogen) atoms. The topological polar surface area (TPSA) is 12.0 Å². The Labute approximate surface area is 88.1 Å². The quantitative estimate of drug-likeness (QED) is 0.477. The van der Waals surface area contributed by atoms with Gasteiger partial charge in [-0.2, -0.15) is 12.6 Å². The predicted octanol–water partition coefficient (Wildman–Crippen LogP) is 2.87. The third kappa shape index (κ3) is 5.58. The van der Waals surface area contributed by atoms with Gasteiger partial charge in [-0.05, 0) is 18.9 Å². The fraction of sp³-hybridized carbons (Fsp3) is 1.00. The Morgan fingerprint density at radius 3 is 2.54 bits per heavy atom. The lowest BCUT2D eigenvalue weighted by atomic mass is 10.0. The Morgan fingerprint density at radius 2 is 1.85 bits per heavy atom. The molecule has 1 N–H and O–H groups in total. The van der Waals surface area contributed by atoms with Gasteiger partial charge in [0.15, 0.2) is 0 Å². The van der Waals surface area contributed by atoms with Crippen LogP contribution in [0.1, 0.15) is 44.9 Å². The molecule has 0 saturated heterocycles. The molecule has 0 aromatic heterocycles. The van der Waals surface area contributed by atoms with Crippen LogP contribution in [0.3, 0.4) is 0 Å². The first-order chi connectivity index (χ1) is 6.43. The van der Waals surface area contributed by atoms with E-state index in [1.54, 1.807) is 0 Å². The van der Waals surface area contributed by atoms with Crippen molar-refractivity contribution < 1.29 is 0 Å². The second kappa shape index (κ2) is 7.69. The molecule has 0 unspecified atom stereocenters. The summed E-state index contributed by atoms with van der Waals surface area (Å²) in [6.45, 7) is 2.25. The molecule has 1 rings (SSSR count). The van der Waals surface area contributed by atoms with Crippen LogP contribution >= 0.6 is 12.6 Å². The Kier molecular flexibility index (Phi) is 6.73. The van der Waals surface area contributed by atoms with Crippen LogP contribution in [0.2, 0.25) is 0 Å². The maximum Gasteiger partial charge on any atom is 0.00397 e. The van der Waals surface area contributed by atoms with Crippen molar-refractivity contribution in [1.82, 2.24) is 5.32 Å². The van der Waals surface area contributed by atoms with Gasteiger partial charge in [-0.1, -0.05) is 38.5 Å². The van der Waals surface area contributed by atoms with Gasteiger partial charge >= 0.3 is 0 Å². The lowest BCUT2D eigenvalue weighted by Crippen LogP contribution is -2.17. The molecule has 0 aromatic rings. The lowest BCUT2D eigenvalue weighted by molar-refractivity contribution is 0.468. The van der Waals surface area contributed by atoms with Crippen LogP contribution in [0.5, 0.6) is 0 Å². The molecule has 0 bridgehead atoms. The minimum Gasteiger partial charge on any atom is -0.316 e. The third-order valence-corrected chi connectivity index (χ3v) is 3.20. The predicted molar refractivity (Wildman–Crippen MR) is 62.5 cm³/mol. The lowest BCUT2D eigenvalue weighted by Gasteiger charge is -2.08. The van der Waals surface area contributed by atoms with E-state index in [0.29, 0.717) is 0 Å². The number of thiol groups is 1. The minimum absolute atomic E-state index is 0.961. The zero-order valence-electron chi connectivity index (χ0n) is 8.60. The summed E-state index contributed by atoms with van der Waals surface area (Å²) in [5.74, 6) is 2.03. The molecule has 1 aliphatic carbocycles. The number of unbranched alkanes of at least 4 members (excludes halogenated alkanes) is 1. The molecule has 0 atom stereocenters. The van der Waals surface area contributed by atoms with Crippen molar-refractivity contribution >= 4 is 12.6 Å². The molecule has 1 aliphatic rings. The average molecular weight is 201 g/mol. The van der Waals surface area contributed by atoms with E-state index in [1.165, 1.54) is 51.5 Å². The van der Waals surface area contributed by atoms with Crippen molar-refractivity contribution in [3.05, 3.63) is 0 Å². The van der Waals surface area contributed by atoms with Crippen LogP contribution in [0, 0.1) is 5.92 Å². The van der Waals surface area contributed by atoms with Crippen LogP contribution in [0.4, 0.5) is 0 Å². The summed E-state index contributed by atoms with van der Waals surface area (Å²) >= 11 is 4.15. The number of hydrogen-bond acceptors (Lipinski definition) is 2. The zero-order chi connectivity index (χ0) is 9.36. The van der Waals surface area contributed by atoms with E-state index in [-0.39, 0.29) is 0 Å². The van der Waals surface area contributed by atoms with E-state index in [4.69, 9.17) is 0 Å². The second-order valence-electron chi connectivity index (χ2n) is 4.12. The van der Waals surface area contributed by atoms with Gasteiger partial charge in [0.1, 0.15) is 0 Å². The summed E-state index contributed by atoms with van der Waals surface area (Å²) in [6, 6.07) is 0. The Morgan fingerprint density at radius 1 is 1.08 bits per heavy atom. The molecule has 1 saturated carbocycles. The van der Waals surface area contributed by atoms with Crippen molar-refractivity contribution in [3.8, 4) is 0 Å². The summed E-state index contributed by atoms with van der Waals surface area (Å²) in [4.78, 5) is 0. The van der Waals surface area contributed by atoms with Crippen molar-refractivity contribution in [2.75, 3.05) is 18.8 Å². The monoisotopic (exact) mass is 201 g/mol. The molecule has 1 nitrogen and oxygen atoms in total. The van der Waals surface area contributed by atoms with Crippen molar-refractivity contribution in [3.63, 3.8) is 0 Å². The van der Waals surface area contributed by atoms with E-state index in [0.717, 1.165) is 18.2 Å². The summed E-state index contributed by atoms with van der Waals surface area (Å²) in [7, 11) is 0. The summed E-state index contributed by atoms with van der Waals surface area (Å²) < 4.78 is 0. The summed E-state index contributed by atoms with van der Waals surface area (Å²) in [6.07, 6.45) is 10.2. The molecule has 0 heterocycles. The van der Waals surface area contributed by atoms with Gasteiger partial charge in [-0.3, -0.25) is 0 Å². The van der Waals surface area contributed by atoms with Crippen molar-refractivity contribution in [2.24, 2.45) is 5.92 Å². The van der Waals surface area contributed by atoms with E-state index in [1.807, 2.05) is 0 Å². The molecule has 1 fully saturated rings. The fourth-order valence-corrected chi connectivity index (χ4v) is 2.34. The van der Waals surface area contributed by atoms with Crippen molar-refractivity contribution in [1.29, 1.82) is 0 Å². The first kappa shape index (κ1) is 11.4. The first-order valence-corrected chi connectivity index (χ1v) is 6.38. The van der Waals surface area contributed by atoms with Crippen LogP contribution in [-0.4, -0.2) is 18.8 Å². The number of nitrogens with one attached hydrogen (secondary N) is 1. The molecule has 2 heteroatoms. The van der Waals surface area contributed by atoms with Crippen LogP contribution in [0.15, 0.2) is 0 Å². The third-order valence-electron chi connectivity index (χ3n) is 2.98. The second-order valence-corrected chi connectivity index (χ2v) is 4.57. The van der Waals surface area contributed by atoms with E-state index >= 15 is 0 Å². The highest BCUT2D eigenvalue weighted by atomic mass is 32.1. The van der Waals surface area contributed by atoms with Crippen LogP contribution < -0.4 is 5.32 Å². The SMILES string of the molecule is SCCNCCCCC1CCCC1. The van der Waals surface area contributed by atoms with E-state index in [2.05, 4.69) is 17.9 Å². The van der Waals surface area contributed by atoms with Gasteiger partial charge < -0.3 is 5.32 Å². The average Bonchev–Trinajstić information content (AvgIpc) is 2.63. The van der Waals surface area contributed by atoms with Gasteiger partial charge in [-0.15, -0.1) is 0 Å². The summed E-state index contributed by atoms with van der Waals surface area (Å²) in [5, 5.41) is 3.38. The molecular weight excluding hydrogens is 178 g/mol. The Bertz CT molecular complexity index is 111. The minimum atomic E-state index is 0.961. The highest BCUT2D eigenvalue weighted by molar-refractivity contribution is 7.80. The van der Waals surface area contributed by atoms with E-state index < -0.39 is 0 Å². The molecule has 0 radical (unpaired) electrons. The van der Waals surface area contributed by atoms with Gasteiger partial charge in [-0.25, -0.2) is 0 Å². The molecule has 0 spiro atoms. The maximum absolute atomic E-state index is 4.15. The van der Waals surface area contributed by atoms with Crippen molar-refractivity contribution in [2.45, 2.75) is 44.9 Å². The molecule has 0 amide bonds. The first-order valence-electron chi connectivity index (χ1n) is 5.75.